The fourth-order valence-electron chi connectivity index (χ4n) is 1.64. The number of carbonyl (C=O) groups excluding carboxylic acids is 2. The zero-order valence-electron chi connectivity index (χ0n) is 14.7. The van der Waals surface area contributed by atoms with Gasteiger partial charge >= 0.3 is 12.1 Å². The lowest BCUT2D eigenvalue weighted by Gasteiger charge is -2.24. The van der Waals surface area contributed by atoms with Crippen molar-refractivity contribution >= 4 is 23.8 Å². The topological polar surface area (TPSA) is 111 Å². The second-order valence-corrected chi connectivity index (χ2v) is 5.66. The van der Waals surface area contributed by atoms with Crippen molar-refractivity contribution in [2.75, 3.05) is 37.8 Å². The van der Waals surface area contributed by atoms with Gasteiger partial charge in [-0.05, 0) is 6.07 Å². The van der Waals surface area contributed by atoms with E-state index in [0.717, 1.165) is 0 Å². The summed E-state index contributed by atoms with van der Waals surface area (Å²) in [6.45, 7) is 5.82. The van der Waals surface area contributed by atoms with Crippen LogP contribution in [0.15, 0.2) is 12.3 Å². The van der Waals surface area contributed by atoms with Crippen molar-refractivity contribution in [3.63, 3.8) is 0 Å². The van der Waals surface area contributed by atoms with Crippen molar-refractivity contribution in [3.8, 4) is 0 Å². The summed E-state index contributed by atoms with van der Waals surface area (Å²) in [5.74, 6) is 0.147. The van der Waals surface area contributed by atoms with Gasteiger partial charge in [0.25, 0.3) is 0 Å². The van der Waals surface area contributed by atoms with Crippen LogP contribution in [0.5, 0.6) is 0 Å². The summed E-state index contributed by atoms with van der Waals surface area (Å²) in [6, 6.07) is 1.72. The van der Waals surface area contributed by atoms with Crippen LogP contribution in [-0.4, -0.2) is 60.4 Å². The van der Waals surface area contributed by atoms with E-state index < -0.39 is 18.4 Å². The fourth-order valence-corrected chi connectivity index (χ4v) is 1.64. The summed E-state index contributed by atoms with van der Waals surface area (Å²) < 4.78 is 10.1. The lowest BCUT2D eigenvalue weighted by atomic mass is 10.2. The maximum Gasteiger partial charge on any atom is 0.412 e. The average Bonchev–Trinajstić information content (AvgIpc) is 2.51. The number of nitrogens with zero attached hydrogens (tertiary/aromatic N) is 4. The van der Waals surface area contributed by atoms with Crippen molar-refractivity contribution in [1.82, 2.24) is 14.9 Å². The molecule has 0 radical (unpaired) electrons. The Morgan fingerprint density at radius 1 is 1.21 bits per heavy atom. The predicted molar refractivity (Wildman–Crippen MR) is 89.2 cm³/mol. The lowest BCUT2D eigenvalue weighted by Crippen LogP contribution is -2.37. The van der Waals surface area contributed by atoms with Crippen molar-refractivity contribution in [2.24, 2.45) is 5.92 Å². The van der Waals surface area contributed by atoms with Crippen LogP contribution in [0.4, 0.5) is 16.6 Å². The van der Waals surface area contributed by atoms with Gasteiger partial charge in [-0.2, -0.15) is 4.98 Å². The maximum absolute atomic E-state index is 12.0. The van der Waals surface area contributed by atoms with Gasteiger partial charge in [0.05, 0.1) is 5.92 Å². The Bertz CT molecular complexity index is 567. The Balaban J connectivity index is 2.42. The monoisotopic (exact) mass is 339 g/mol. The van der Waals surface area contributed by atoms with Gasteiger partial charge in [-0.3, -0.25) is 4.79 Å². The van der Waals surface area contributed by atoms with Gasteiger partial charge in [-0.1, -0.05) is 13.8 Å². The summed E-state index contributed by atoms with van der Waals surface area (Å²) in [6.07, 6.45) is 0.0561. The van der Waals surface area contributed by atoms with E-state index in [0.29, 0.717) is 18.9 Å². The fraction of sp³-hybridized carbons (Fsp3) is 0.600. The van der Waals surface area contributed by atoms with Crippen molar-refractivity contribution in [3.05, 3.63) is 12.3 Å². The predicted octanol–water partition coefficient (Wildman–Crippen LogP) is 1.11. The first-order valence-electron chi connectivity index (χ1n) is 7.62. The highest BCUT2D eigenvalue weighted by Crippen LogP contribution is 2.09. The smallest absolute Gasteiger partial charge is 0.412 e. The number of likely N-dealkylation sites (N-methyl/N-ethyl adjacent to an activating group) is 2. The Morgan fingerprint density at radius 2 is 1.88 bits per heavy atom. The highest BCUT2D eigenvalue weighted by Gasteiger charge is 2.19. The van der Waals surface area contributed by atoms with E-state index in [4.69, 9.17) is 15.2 Å². The van der Waals surface area contributed by atoms with Crippen molar-refractivity contribution < 1.29 is 19.1 Å². The Morgan fingerprint density at radius 3 is 2.46 bits per heavy atom. The number of ether oxygens (including phenoxy) is 2. The molecule has 9 heteroatoms. The molecule has 0 saturated carbocycles. The van der Waals surface area contributed by atoms with Crippen LogP contribution in [0.3, 0.4) is 0 Å². The highest BCUT2D eigenvalue weighted by atomic mass is 16.7. The lowest BCUT2D eigenvalue weighted by molar-refractivity contribution is -0.169. The number of nitrogens with two attached hydrogens (primary N) is 1. The van der Waals surface area contributed by atoms with Crippen LogP contribution in [-0.2, 0) is 14.3 Å². The number of amides is 1. The number of carbonyl (C=O) groups is 2. The Kier molecular flexibility index (Phi) is 7.22. The third-order valence-corrected chi connectivity index (χ3v) is 3.15. The third-order valence-electron chi connectivity index (χ3n) is 3.15. The van der Waals surface area contributed by atoms with Gasteiger partial charge in [0, 0.05) is 40.3 Å². The average molecular weight is 339 g/mol. The molecule has 9 nitrogen and oxygen atoms in total. The first-order chi connectivity index (χ1) is 11.2. The van der Waals surface area contributed by atoms with E-state index in [1.54, 1.807) is 33.2 Å². The zero-order valence-corrected chi connectivity index (χ0v) is 14.7. The van der Waals surface area contributed by atoms with Crippen LogP contribution in [0.1, 0.15) is 20.8 Å². The first-order valence-corrected chi connectivity index (χ1v) is 7.62. The number of hydrogen-bond acceptors (Lipinski definition) is 8. The minimum Gasteiger partial charge on any atom is -0.425 e. The SMILES string of the molecule is CC(C)C(=O)O[C@H](C)OC(=O)N(C)CCN(C)c1ccnc(N)n1. The molecule has 0 aliphatic heterocycles. The highest BCUT2D eigenvalue weighted by molar-refractivity contribution is 5.72. The van der Waals surface area contributed by atoms with Crippen molar-refractivity contribution in [1.29, 1.82) is 0 Å². The van der Waals surface area contributed by atoms with Crippen LogP contribution in [0, 0.1) is 5.92 Å². The first kappa shape index (κ1) is 19.5. The summed E-state index contributed by atoms with van der Waals surface area (Å²) in [5, 5.41) is 0. The molecule has 0 aliphatic carbocycles. The van der Waals surface area contributed by atoms with Crippen LogP contribution in [0.25, 0.3) is 0 Å². The number of esters is 1. The van der Waals surface area contributed by atoms with Crippen molar-refractivity contribution in [2.45, 2.75) is 27.1 Å². The number of rotatable bonds is 7. The summed E-state index contributed by atoms with van der Waals surface area (Å²) >= 11 is 0. The zero-order chi connectivity index (χ0) is 18.3. The molecule has 0 aromatic carbocycles. The molecule has 0 spiro atoms. The molecule has 134 valence electrons. The van der Waals surface area contributed by atoms with Gasteiger partial charge in [0.2, 0.25) is 12.2 Å². The molecule has 1 aromatic rings. The number of anilines is 2. The normalized spacial score (nSPS) is 11.8. The summed E-state index contributed by atoms with van der Waals surface area (Å²) in [5.41, 5.74) is 5.54. The molecule has 1 heterocycles. The summed E-state index contributed by atoms with van der Waals surface area (Å²) in [7, 11) is 3.43. The standard InChI is InChI=1S/C15H25N5O4/c1-10(2)13(21)23-11(3)24-15(22)20(5)9-8-19(4)12-6-7-17-14(16)18-12/h6-7,10-11H,8-9H2,1-5H3,(H2,16,17,18)/t11-/m0/s1. The molecule has 1 rings (SSSR count). The van der Waals surface area contributed by atoms with E-state index in [1.807, 2.05) is 11.9 Å². The second kappa shape index (κ2) is 8.90. The minimum atomic E-state index is -0.936. The third kappa shape index (κ3) is 6.27. The molecule has 2 N–H and O–H groups in total. The van der Waals surface area contributed by atoms with Crippen LogP contribution >= 0.6 is 0 Å². The van der Waals surface area contributed by atoms with Crippen LogP contribution < -0.4 is 10.6 Å². The van der Waals surface area contributed by atoms with E-state index >= 15 is 0 Å². The Labute approximate surface area is 141 Å². The number of aromatic nitrogens is 2. The molecule has 1 aromatic heterocycles. The van der Waals surface area contributed by atoms with Gasteiger partial charge in [0.1, 0.15) is 5.82 Å². The minimum absolute atomic E-state index is 0.188. The van der Waals surface area contributed by atoms with Gasteiger partial charge in [-0.25, -0.2) is 9.78 Å². The van der Waals surface area contributed by atoms with E-state index in [1.165, 1.54) is 11.8 Å². The van der Waals surface area contributed by atoms with E-state index in [-0.39, 0.29) is 11.9 Å². The molecule has 0 aliphatic rings. The molecular weight excluding hydrogens is 314 g/mol. The second-order valence-electron chi connectivity index (χ2n) is 5.66. The molecular formula is C15H25N5O4. The molecule has 0 saturated heterocycles. The number of hydrogen-bond donors (Lipinski definition) is 1. The van der Waals surface area contributed by atoms with Crippen LogP contribution in [0.2, 0.25) is 0 Å². The van der Waals surface area contributed by atoms with E-state index in [9.17, 15) is 9.59 Å². The largest absolute Gasteiger partial charge is 0.425 e. The molecule has 0 unspecified atom stereocenters. The Hall–Kier alpha value is -2.58. The number of nitrogen functional groups attached to an aromatic ring is 1. The quantitative estimate of drug-likeness (QED) is 0.581. The molecule has 0 bridgehead atoms. The van der Waals surface area contributed by atoms with Gasteiger partial charge in [0.15, 0.2) is 0 Å². The molecule has 0 fully saturated rings. The molecule has 1 amide bonds. The molecule has 24 heavy (non-hydrogen) atoms. The van der Waals surface area contributed by atoms with E-state index in [2.05, 4.69) is 9.97 Å². The summed E-state index contributed by atoms with van der Waals surface area (Å²) in [4.78, 5) is 34.6. The van der Waals surface area contributed by atoms with Gasteiger partial charge in [-0.15, -0.1) is 0 Å². The maximum atomic E-state index is 12.0. The molecule has 1 atom stereocenters. The van der Waals surface area contributed by atoms with Gasteiger partial charge < -0.3 is 25.0 Å².